The molecule has 0 unspecified atom stereocenters. The SMILES string of the molecule is CC1(C)c2ccccc2-c2ccc(-c3cccc(N(c4ccc5sc6ccccc6c5c4)c4ccc(-c5ccc(-n6c7ccccc7c7ccccc76)cc5)c5oc6ccccc6c45)c3)cc21. The average Bonchev–Trinajstić information content (AvgIpc) is 4.11. The maximum Gasteiger partial charge on any atom is 0.145 e. The molecule has 0 saturated carbocycles. The number of thiophene rings is 1. The van der Waals surface area contributed by atoms with Gasteiger partial charge in [0.05, 0.1) is 22.1 Å². The summed E-state index contributed by atoms with van der Waals surface area (Å²) >= 11 is 1.85. The lowest BCUT2D eigenvalue weighted by atomic mass is 9.81. The van der Waals surface area contributed by atoms with Crippen molar-refractivity contribution in [1.29, 1.82) is 0 Å². The smallest absolute Gasteiger partial charge is 0.145 e. The number of para-hydroxylation sites is 3. The summed E-state index contributed by atoms with van der Waals surface area (Å²) in [4.78, 5) is 2.45. The van der Waals surface area contributed by atoms with E-state index in [0.717, 1.165) is 55.8 Å². The largest absolute Gasteiger partial charge is 0.455 e. The van der Waals surface area contributed by atoms with Gasteiger partial charge in [-0.2, -0.15) is 0 Å². The Morgan fingerprint density at radius 3 is 1.88 bits per heavy atom. The predicted molar refractivity (Wildman–Crippen MR) is 284 cm³/mol. The van der Waals surface area contributed by atoms with Crippen LogP contribution in [-0.4, -0.2) is 4.57 Å². The maximum atomic E-state index is 6.99. The van der Waals surface area contributed by atoms with Crippen LogP contribution in [0.4, 0.5) is 17.1 Å². The molecule has 10 aromatic carbocycles. The van der Waals surface area contributed by atoms with Gasteiger partial charge in [-0.15, -0.1) is 11.3 Å². The third-order valence-electron chi connectivity index (χ3n) is 14.4. The van der Waals surface area contributed by atoms with Crippen molar-refractivity contribution in [3.8, 4) is 39.1 Å². The Bertz CT molecular complexity index is 4090. The number of hydrogen-bond donors (Lipinski definition) is 0. The molecule has 0 atom stereocenters. The zero-order valence-electron chi connectivity index (χ0n) is 37.0. The number of furan rings is 1. The van der Waals surface area contributed by atoms with Crippen molar-refractivity contribution >= 4 is 92.3 Å². The summed E-state index contributed by atoms with van der Waals surface area (Å²) in [6.45, 7) is 4.71. The molecular formula is C63H42N2OS. The molecule has 0 N–H and O–H groups in total. The molecule has 0 aliphatic heterocycles. The van der Waals surface area contributed by atoms with Gasteiger partial charge in [0, 0.05) is 64.4 Å². The number of nitrogens with zero attached hydrogens (tertiary/aromatic N) is 2. The van der Waals surface area contributed by atoms with Crippen LogP contribution < -0.4 is 4.90 Å². The first-order valence-corrected chi connectivity index (χ1v) is 23.9. The van der Waals surface area contributed by atoms with Gasteiger partial charge in [-0.05, 0) is 124 Å². The minimum atomic E-state index is -0.0919. The van der Waals surface area contributed by atoms with Crippen molar-refractivity contribution in [2.75, 3.05) is 4.90 Å². The Kier molecular flexibility index (Phi) is 8.20. The molecule has 3 nitrogen and oxygen atoms in total. The predicted octanol–water partition coefficient (Wildman–Crippen LogP) is 18.2. The maximum absolute atomic E-state index is 6.99. The summed E-state index contributed by atoms with van der Waals surface area (Å²) in [7, 11) is 0. The fourth-order valence-electron chi connectivity index (χ4n) is 11.2. The van der Waals surface area contributed by atoms with E-state index in [1.54, 1.807) is 0 Å². The molecule has 1 aliphatic rings. The van der Waals surface area contributed by atoms with Crippen LogP contribution in [0.25, 0.3) is 103 Å². The summed E-state index contributed by atoms with van der Waals surface area (Å²) in [5, 5.41) is 7.21. The monoisotopic (exact) mass is 874 g/mol. The zero-order valence-corrected chi connectivity index (χ0v) is 37.8. The van der Waals surface area contributed by atoms with E-state index >= 15 is 0 Å². The number of anilines is 3. The van der Waals surface area contributed by atoms with E-state index in [-0.39, 0.29) is 5.41 Å². The Hall–Kier alpha value is -8.18. The highest BCUT2D eigenvalue weighted by molar-refractivity contribution is 7.25. The van der Waals surface area contributed by atoms with Crippen LogP contribution in [0.1, 0.15) is 25.0 Å². The summed E-state index contributed by atoms with van der Waals surface area (Å²) in [6, 6.07) is 80.1. The van der Waals surface area contributed by atoms with E-state index in [1.807, 2.05) is 11.3 Å². The van der Waals surface area contributed by atoms with Crippen molar-refractivity contribution in [3.63, 3.8) is 0 Å². The lowest BCUT2D eigenvalue weighted by Crippen LogP contribution is -2.14. The molecule has 0 fully saturated rings. The van der Waals surface area contributed by atoms with Gasteiger partial charge >= 0.3 is 0 Å². The second-order valence-electron chi connectivity index (χ2n) is 18.4. The Morgan fingerprint density at radius 2 is 1.06 bits per heavy atom. The van der Waals surface area contributed by atoms with E-state index in [4.69, 9.17) is 4.42 Å². The van der Waals surface area contributed by atoms with Crippen LogP contribution in [0, 0.1) is 0 Å². The Labute approximate surface area is 392 Å². The number of benzene rings is 10. The molecular weight excluding hydrogens is 833 g/mol. The van der Waals surface area contributed by atoms with Gasteiger partial charge in [-0.25, -0.2) is 0 Å². The van der Waals surface area contributed by atoms with E-state index in [9.17, 15) is 0 Å². The fourth-order valence-corrected chi connectivity index (χ4v) is 12.3. The summed E-state index contributed by atoms with van der Waals surface area (Å²) in [5.41, 5.74) is 18.3. The van der Waals surface area contributed by atoms with Crippen molar-refractivity contribution < 1.29 is 4.42 Å². The summed E-state index contributed by atoms with van der Waals surface area (Å²) in [5.74, 6) is 0. The van der Waals surface area contributed by atoms with Gasteiger partial charge in [0.2, 0.25) is 0 Å². The molecule has 67 heavy (non-hydrogen) atoms. The third-order valence-corrected chi connectivity index (χ3v) is 15.6. The molecule has 0 saturated heterocycles. The molecule has 4 heteroatoms. The normalized spacial score (nSPS) is 13.0. The highest BCUT2D eigenvalue weighted by atomic mass is 32.1. The van der Waals surface area contributed by atoms with Gasteiger partial charge in [-0.3, -0.25) is 0 Å². The highest BCUT2D eigenvalue weighted by Crippen LogP contribution is 2.51. The molecule has 13 aromatic rings. The number of rotatable bonds is 6. The molecule has 1 aliphatic carbocycles. The van der Waals surface area contributed by atoms with Crippen molar-refractivity contribution in [3.05, 3.63) is 230 Å². The van der Waals surface area contributed by atoms with Crippen molar-refractivity contribution in [2.45, 2.75) is 19.3 Å². The first-order chi connectivity index (χ1) is 33.0. The molecule has 3 heterocycles. The third kappa shape index (κ3) is 5.70. The van der Waals surface area contributed by atoms with Gasteiger partial charge in [0.15, 0.2) is 0 Å². The standard InChI is InChI=1S/C63H42N2OS/c1-63(2)53-21-8-3-16-46(53)47-32-28-41(37-54(47)63)40-14-13-15-43(36-40)64(44-31-35-60-52(38-44)50-19-7-12-25-59(50)67-60)57-34-33-45(62-61(57)51-20-6-11-24-58(51)66-62)39-26-29-42(30-27-39)65-55-22-9-4-17-48(55)49-18-5-10-23-56(49)65/h3-38H,1-2H3. The van der Waals surface area contributed by atoms with Gasteiger partial charge in [0.25, 0.3) is 0 Å². The van der Waals surface area contributed by atoms with Crippen LogP contribution in [0.5, 0.6) is 0 Å². The van der Waals surface area contributed by atoms with Crippen LogP contribution in [0.3, 0.4) is 0 Å². The van der Waals surface area contributed by atoms with Gasteiger partial charge in [0.1, 0.15) is 11.2 Å². The van der Waals surface area contributed by atoms with Gasteiger partial charge in [-0.1, -0.05) is 147 Å². The molecule has 14 rings (SSSR count). The number of hydrogen-bond acceptors (Lipinski definition) is 3. The Morgan fingerprint density at radius 1 is 0.433 bits per heavy atom. The van der Waals surface area contributed by atoms with E-state index in [2.05, 4.69) is 242 Å². The zero-order chi connectivity index (χ0) is 44.4. The van der Waals surface area contributed by atoms with Crippen LogP contribution in [0.15, 0.2) is 223 Å². The number of aromatic nitrogens is 1. The highest BCUT2D eigenvalue weighted by Gasteiger charge is 2.35. The molecule has 0 spiro atoms. The van der Waals surface area contributed by atoms with Crippen LogP contribution in [0.2, 0.25) is 0 Å². The minimum absolute atomic E-state index is 0.0919. The Balaban J connectivity index is 0.955. The molecule has 0 radical (unpaired) electrons. The van der Waals surface area contributed by atoms with E-state index in [1.165, 1.54) is 75.4 Å². The minimum Gasteiger partial charge on any atom is -0.455 e. The van der Waals surface area contributed by atoms with E-state index < -0.39 is 0 Å². The second kappa shape index (κ2) is 14.4. The summed E-state index contributed by atoms with van der Waals surface area (Å²) in [6.07, 6.45) is 0. The molecule has 3 aromatic heterocycles. The van der Waals surface area contributed by atoms with Crippen molar-refractivity contribution in [2.24, 2.45) is 0 Å². The first-order valence-electron chi connectivity index (χ1n) is 23.1. The van der Waals surface area contributed by atoms with Crippen LogP contribution >= 0.6 is 11.3 Å². The first kappa shape index (κ1) is 38.1. The topological polar surface area (TPSA) is 21.3 Å². The lowest BCUT2D eigenvalue weighted by Gasteiger charge is -2.27. The molecule has 0 amide bonds. The van der Waals surface area contributed by atoms with Gasteiger partial charge < -0.3 is 13.9 Å². The van der Waals surface area contributed by atoms with E-state index in [0.29, 0.717) is 0 Å². The van der Waals surface area contributed by atoms with Crippen molar-refractivity contribution in [1.82, 2.24) is 4.57 Å². The quantitative estimate of drug-likeness (QED) is 0.166. The number of fused-ring (bicyclic) bond motifs is 12. The lowest BCUT2D eigenvalue weighted by molar-refractivity contribution is 0.660. The molecule has 316 valence electrons. The second-order valence-corrected chi connectivity index (χ2v) is 19.5. The summed E-state index contributed by atoms with van der Waals surface area (Å²) < 4.78 is 11.9. The van der Waals surface area contributed by atoms with Crippen LogP contribution in [-0.2, 0) is 5.41 Å². The fraction of sp³-hybridized carbons (Fsp3) is 0.0476. The average molecular weight is 875 g/mol. The molecule has 0 bridgehead atoms.